The van der Waals surface area contributed by atoms with E-state index in [0.717, 1.165) is 82.5 Å². The molecule has 0 spiro atoms. The molecule has 4 aromatic heterocycles. The van der Waals surface area contributed by atoms with Crippen LogP contribution in [0.4, 0.5) is 0 Å². The van der Waals surface area contributed by atoms with Crippen molar-refractivity contribution in [1.29, 1.82) is 0 Å². The summed E-state index contributed by atoms with van der Waals surface area (Å²) in [6.07, 6.45) is 3.58. The molecule has 0 unspecified atom stereocenters. The lowest BCUT2D eigenvalue weighted by Gasteiger charge is -2.13. The Balaban J connectivity index is 1.26. The Morgan fingerprint density at radius 2 is 1.02 bits per heavy atom. The van der Waals surface area contributed by atoms with Crippen molar-refractivity contribution in [2.75, 3.05) is 0 Å². The molecule has 0 saturated carbocycles. The SMILES string of the molecule is c1ccc(-c2nc(-c3cc(-c4cccc5oc6cnccc6c45)c4ccccc4c3)nc(-c3cccc4oc5ccccc5c34)n2)cc1. The topological polar surface area (TPSA) is 77.8 Å². The molecule has 0 aliphatic carbocycles. The Morgan fingerprint density at radius 3 is 1.88 bits per heavy atom. The van der Waals surface area contributed by atoms with E-state index in [9.17, 15) is 0 Å². The summed E-state index contributed by atoms with van der Waals surface area (Å²) in [5, 5.41) is 6.30. The average molecular weight is 617 g/mol. The maximum absolute atomic E-state index is 6.23. The lowest BCUT2D eigenvalue weighted by atomic mass is 9.92. The van der Waals surface area contributed by atoms with E-state index in [1.54, 1.807) is 6.20 Å². The van der Waals surface area contributed by atoms with Crippen molar-refractivity contribution in [2.24, 2.45) is 0 Å². The molecule has 10 rings (SSSR count). The van der Waals surface area contributed by atoms with E-state index in [2.05, 4.69) is 59.6 Å². The van der Waals surface area contributed by atoms with Crippen molar-refractivity contribution in [3.63, 3.8) is 0 Å². The summed E-state index contributed by atoms with van der Waals surface area (Å²) in [5.74, 6) is 1.77. The van der Waals surface area contributed by atoms with Crippen molar-refractivity contribution < 1.29 is 8.83 Å². The molecule has 0 atom stereocenters. The number of benzene rings is 6. The van der Waals surface area contributed by atoms with Crippen LogP contribution in [0.25, 0.3) is 99.9 Å². The van der Waals surface area contributed by atoms with Gasteiger partial charge in [0, 0.05) is 44.4 Å². The van der Waals surface area contributed by atoms with Crippen molar-refractivity contribution in [3.8, 4) is 45.3 Å². The molecule has 0 aliphatic rings. The zero-order chi connectivity index (χ0) is 31.6. The lowest BCUT2D eigenvalue weighted by Crippen LogP contribution is -2.00. The summed E-state index contributed by atoms with van der Waals surface area (Å²) in [4.78, 5) is 19.6. The van der Waals surface area contributed by atoms with Crippen LogP contribution in [0.3, 0.4) is 0 Å². The van der Waals surface area contributed by atoms with Gasteiger partial charge in [-0.05, 0) is 58.3 Å². The van der Waals surface area contributed by atoms with E-state index < -0.39 is 0 Å². The maximum Gasteiger partial charge on any atom is 0.164 e. The van der Waals surface area contributed by atoms with Crippen LogP contribution in [-0.2, 0) is 0 Å². The first-order chi connectivity index (χ1) is 23.8. The first-order valence-corrected chi connectivity index (χ1v) is 15.8. The number of hydrogen-bond donors (Lipinski definition) is 0. The molecule has 0 aliphatic heterocycles. The van der Waals surface area contributed by atoms with Crippen molar-refractivity contribution in [1.82, 2.24) is 19.9 Å². The zero-order valence-electron chi connectivity index (χ0n) is 25.5. The summed E-state index contributed by atoms with van der Waals surface area (Å²) in [6.45, 7) is 0. The second-order valence-corrected chi connectivity index (χ2v) is 11.8. The summed E-state index contributed by atoms with van der Waals surface area (Å²) in [7, 11) is 0. The highest BCUT2D eigenvalue weighted by Crippen LogP contribution is 2.41. The molecule has 10 aromatic rings. The third-order valence-electron chi connectivity index (χ3n) is 9.02. The zero-order valence-corrected chi connectivity index (χ0v) is 25.5. The van der Waals surface area contributed by atoms with Gasteiger partial charge < -0.3 is 8.83 Å². The number of aromatic nitrogens is 4. The van der Waals surface area contributed by atoms with Gasteiger partial charge in [0.2, 0.25) is 0 Å². The molecule has 0 amide bonds. The molecular formula is C42H24N4O2. The predicted molar refractivity (Wildman–Crippen MR) is 191 cm³/mol. The number of nitrogens with zero attached hydrogens (tertiary/aromatic N) is 4. The molecule has 224 valence electrons. The highest BCUT2D eigenvalue weighted by atomic mass is 16.3. The Morgan fingerprint density at radius 1 is 0.396 bits per heavy atom. The molecule has 0 saturated heterocycles. The van der Waals surface area contributed by atoms with Crippen molar-refractivity contribution >= 4 is 54.6 Å². The van der Waals surface area contributed by atoms with Gasteiger partial charge in [0.15, 0.2) is 23.1 Å². The van der Waals surface area contributed by atoms with Crippen LogP contribution in [0.5, 0.6) is 0 Å². The molecule has 0 radical (unpaired) electrons. The van der Waals surface area contributed by atoms with E-state index in [1.807, 2.05) is 85.1 Å². The number of pyridine rings is 1. The summed E-state index contributed by atoms with van der Waals surface area (Å²) in [5.41, 5.74) is 8.03. The largest absolute Gasteiger partial charge is 0.456 e. The van der Waals surface area contributed by atoms with Gasteiger partial charge in [-0.25, -0.2) is 15.0 Å². The normalized spacial score (nSPS) is 11.8. The number of para-hydroxylation sites is 1. The van der Waals surface area contributed by atoms with Crippen molar-refractivity contribution in [2.45, 2.75) is 0 Å². The predicted octanol–water partition coefficient (Wildman–Crippen LogP) is 10.9. The third-order valence-corrected chi connectivity index (χ3v) is 9.02. The molecule has 6 nitrogen and oxygen atoms in total. The van der Waals surface area contributed by atoms with E-state index in [4.69, 9.17) is 23.8 Å². The maximum atomic E-state index is 6.23. The fourth-order valence-corrected chi connectivity index (χ4v) is 6.87. The number of hydrogen-bond acceptors (Lipinski definition) is 6. The second-order valence-electron chi connectivity index (χ2n) is 11.8. The smallest absolute Gasteiger partial charge is 0.164 e. The highest BCUT2D eigenvalue weighted by Gasteiger charge is 2.20. The van der Waals surface area contributed by atoms with Gasteiger partial charge in [0.05, 0.1) is 6.20 Å². The van der Waals surface area contributed by atoms with Gasteiger partial charge in [-0.1, -0.05) is 97.1 Å². The van der Waals surface area contributed by atoms with Crippen LogP contribution < -0.4 is 0 Å². The quantitative estimate of drug-likeness (QED) is 0.196. The fourth-order valence-electron chi connectivity index (χ4n) is 6.87. The van der Waals surface area contributed by atoms with Crippen LogP contribution in [0, 0.1) is 0 Å². The van der Waals surface area contributed by atoms with Crippen LogP contribution in [0.1, 0.15) is 0 Å². The average Bonchev–Trinajstić information content (AvgIpc) is 3.73. The monoisotopic (exact) mass is 616 g/mol. The van der Waals surface area contributed by atoms with Gasteiger partial charge in [-0.2, -0.15) is 0 Å². The first kappa shape index (κ1) is 26.5. The van der Waals surface area contributed by atoms with E-state index >= 15 is 0 Å². The molecule has 0 fully saturated rings. The fraction of sp³-hybridized carbons (Fsp3) is 0. The van der Waals surface area contributed by atoms with Gasteiger partial charge in [-0.15, -0.1) is 0 Å². The number of rotatable bonds is 4. The molecule has 4 heterocycles. The summed E-state index contributed by atoms with van der Waals surface area (Å²) >= 11 is 0. The first-order valence-electron chi connectivity index (χ1n) is 15.8. The minimum atomic E-state index is 0.584. The van der Waals surface area contributed by atoms with E-state index in [0.29, 0.717) is 17.5 Å². The molecule has 0 N–H and O–H groups in total. The van der Waals surface area contributed by atoms with Gasteiger partial charge in [-0.3, -0.25) is 4.98 Å². The molecule has 0 bridgehead atoms. The van der Waals surface area contributed by atoms with Crippen LogP contribution in [0.2, 0.25) is 0 Å². The summed E-state index contributed by atoms with van der Waals surface area (Å²) in [6, 6.07) is 45.2. The Bertz CT molecular complexity index is 2850. The van der Waals surface area contributed by atoms with E-state index in [-0.39, 0.29) is 0 Å². The highest BCUT2D eigenvalue weighted by molar-refractivity contribution is 6.16. The van der Waals surface area contributed by atoms with Crippen molar-refractivity contribution in [3.05, 3.63) is 146 Å². The van der Waals surface area contributed by atoms with Gasteiger partial charge >= 0.3 is 0 Å². The minimum absolute atomic E-state index is 0.584. The standard InChI is InChI=1S/C42H24N4O2/c1-2-10-25(11-3-1)40-44-41(46-42(45-40)32-16-9-19-36-39(32)30-14-6-7-17-34(30)47-36)27-22-26-12-4-5-13-28(26)33(23-27)29-15-8-18-35-38(29)31-20-21-43-24-37(31)48-35/h1-24H. The summed E-state index contributed by atoms with van der Waals surface area (Å²) < 4.78 is 12.5. The van der Waals surface area contributed by atoms with E-state index in [1.165, 1.54) is 0 Å². The Kier molecular flexibility index (Phi) is 5.77. The minimum Gasteiger partial charge on any atom is -0.456 e. The van der Waals surface area contributed by atoms with Crippen LogP contribution >= 0.6 is 0 Å². The molecular weight excluding hydrogens is 592 g/mol. The van der Waals surface area contributed by atoms with Gasteiger partial charge in [0.25, 0.3) is 0 Å². The van der Waals surface area contributed by atoms with Crippen LogP contribution in [-0.4, -0.2) is 19.9 Å². The number of furan rings is 2. The number of fused-ring (bicyclic) bond motifs is 7. The Hall–Kier alpha value is -6.66. The second kappa shape index (κ2) is 10.4. The lowest BCUT2D eigenvalue weighted by molar-refractivity contribution is 0.667. The third kappa shape index (κ3) is 4.13. The van der Waals surface area contributed by atoms with Gasteiger partial charge in [0.1, 0.15) is 16.7 Å². The Labute approximate surface area is 274 Å². The molecule has 48 heavy (non-hydrogen) atoms. The molecule has 6 aromatic carbocycles. The van der Waals surface area contributed by atoms with Crippen LogP contribution in [0.15, 0.2) is 155 Å². The molecule has 6 heteroatoms.